The maximum Gasteiger partial charge on any atom is 0.264 e. The summed E-state index contributed by atoms with van der Waals surface area (Å²) in [5.41, 5.74) is 1.21. The molecule has 84 valence electrons. The van der Waals surface area contributed by atoms with E-state index in [0.29, 0.717) is 12.2 Å². The molecular weight excluding hydrogens is 232 g/mol. The Bertz CT molecular complexity index is 395. The maximum atomic E-state index is 10.4. The highest BCUT2D eigenvalue weighted by Crippen LogP contribution is 2.19. The molecule has 5 heteroatoms. The lowest BCUT2D eigenvalue weighted by Gasteiger charge is -2.01. The second-order valence-electron chi connectivity index (χ2n) is 3.30. The van der Waals surface area contributed by atoms with Crippen molar-refractivity contribution in [3.05, 3.63) is 29.8 Å². The minimum Gasteiger partial charge on any atom is -0.286 e. The summed E-state index contributed by atoms with van der Waals surface area (Å²) in [6, 6.07) is 8.05. The lowest BCUT2D eigenvalue weighted by atomic mass is 10.2. The van der Waals surface area contributed by atoms with Crippen molar-refractivity contribution < 1.29 is 13.0 Å². The standard InChI is InChI=1S/C10H14O3S2/c1-9-3-5-10(6-4-9)14-7-2-8-15(11,12)13/h3-6H,2,7-8H2,1H3,(H,11,12,13). The van der Waals surface area contributed by atoms with E-state index in [-0.39, 0.29) is 5.75 Å². The van der Waals surface area contributed by atoms with E-state index in [4.69, 9.17) is 4.55 Å². The van der Waals surface area contributed by atoms with Gasteiger partial charge in [0.05, 0.1) is 5.75 Å². The zero-order valence-electron chi connectivity index (χ0n) is 8.51. The summed E-state index contributed by atoms with van der Waals surface area (Å²) >= 11 is 1.59. The number of hydrogen-bond acceptors (Lipinski definition) is 3. The molecule has 0 aliphatic heterocycles. The quantitative estimate of drug-likeness (QED) is 0.492. The smallest absolute Gasteiger partial charge is 0.264 e. The van der Waals surface area contributed by atoms with Gasteiger partial charge in [0, 0.05) is 4.90 Å². The van der Waals surface area contributed by atoms with Gasteiger partial charge >= 0.3 is 0 Å². The zero-order chi connectivity index (χ0) is 11.3. The van der Waals surface area contributed by atoms with Gasteiger partial charge in [0.1, 0.15) is 0 Å². The van der Waals surface area contributed by atoms with Crippen molar-refractivity contribution in [3.63, 3.8) is 0 Å². The molecule has 1 rings (SSSR count). The van der Waals surface area contributed by atoms with Crippen molar-refractivity contribution in [1.29, 1.82) is 0 Å². The zero-order valence-corrected chi connectivity index (χ0v) is 10.1. The number of aryl methyl sites for hydroxylation is 1. The normalized spacial score (nSPS) is 11.6. The van der Waals surface area contributed by atoms with Crippen molar-refractivity contribution in [2.75, 3.05) is 11.5 Å². The average Bonchev–Trinajstić information content (AvgIpc) is 2.14. The van der Waals surface area contributed by atoms with Crippen LogP contribution < -0.4 is 0 Å². The molecule has 0 spiro atoms. The highest BCUT2D eigenvalue weighted by Gasteiger charge is 2.03. The second kappa shape index (κ2) is 5.53. The first-order valence-corrected chi connectivity index (χ1v) is 7.21. The highest BCUT2D eigenvalue weighted by molar-refractivity contribution is 7.99. The molecule has 1 N–H and O–H groups in total. The first-order chi connectivity index (χ1) is 6.97. The minimum atomic E-state index is -3.80. The molecule has 15 heavy (non-hydrogen) atoms. The fourth-order valence-electron chi connectivity index (χ4n) is 1.07. The lowest BCUT2D eigenvalue weighted by molar-refractivity contribution is 0.482. The predicted molar refractivity (Wildman–Crippen MR) is 62.9 cm³/mol. The minimum absolute atomic E-state index is 0.161. The molecule has 0 fully saturated rings. The number of thioether (sulfide) groups is 1. The van der Waals surface area contributed by atoms with Gasteiger partial charge in [-0.1, -0.05) is 17.7 Å². The molecule has 0 radical (unpaired) electrons. The molecule has 0 unspecified atom stereocenters. The summed E-state index contributed by atoms with van der Waals surface area (Å²) in [6.07, 6.45) is 0.470. The van der Waals surface area contributed by atoms with Crippen LogP contribution in [0, 0.1) is 6.92 Å². The third kappa shape index (κ3) is 5.81. The van der Waals surface area contributed by atoms with Crippen LogP contribution in [0.4, 0.5) is 0 Å². The molecule has 0 atom stereocenters. The molecule has 0 aliphatic carbocycles. The second-order valence-corrected chi connectivity index (χ2v) is 6.04. The summed E-state index contributed by atoms with van der Waals surface area (Å²) < 4.78 is 29.4. The van der Waals surface area contributed by atoms with Crippen LogP contribution in [-0.2, 0) is 10.1 Å². The van der Waals surface area contributed by atoms with Gasteiger partial charge in [0.15, 0.2) is 0 Å². The molecule has 1 aromatic carbocycles. The Balaban J connectivity index is 2.29. The molecule has 0 bridgehead atoms. The lowest BCUT2D eigenvalue weighted by Crippen LogP contribution is -2.04. The van der Waals surface area contributed by atoms with E-state index in [1.165, 1.54) is 5.56 Å². The monoisotopic (exact) mass is 246 g/mol. The van der Waals surface area contributed by atoms with Crippen molar-refractivity contribution in [2.45, 2.75) is 18.2 Å². The molecule has 0 saturated carbocycles. The average molecular weight is 246 g/mol. The van der Waals surface area contributed by atoms with Gasteiger partial charge in [-0.05, 0) is 31.2 Å². The van der Waals surface area contributed by atoms with Gasteiger partial charge in [0.2, 0.25) is 0 Å². The molecular formula is C10H14O3S2. The molecule has 1 aromatic rings. The largest absolute Gasteiger partial charge is 0.286 e. The summed E-state index contributed by atoms with van der Waals surface area (Å²) in [5, 5.41) is 0. The Kier molecular flexibility index (Phi) is 4.63. The van der Waals surface area contributed by atoms with Crippen LogP contribution in [0.2, 0.25) is 0 Å². The van der Waals surface area contributed by atoms with Gasteiger partial charge < -0.3 is 0 Å². The van der Waals surface area contributed by atoms with Crippen molar-refractivity contribution in [2.24, 2.45) is 0 Å². The number of benzene rings is 1. The van der Waals surface area contributed by atoms with E-state index >= 15 is 0 Å². The Morgan fingerprint density at radius 2 is 1.87 bits per heavy atom. The molecule has 0 amide bonds. The van der Waals surface area contributed by atoms with Crippen LogP contribution >= 0.6 is 11.8 Å². The van der Waals surface area contributed by atoms with Gasteiger partial charge in [-0.15, -0.1) is 11.8 Å². The SMILES string of the molecule is Cc1ccc(SCCCS(=O)(=O)O)cc1. The Labute approximate surface area is 94.6 Å². The van der Waals surface area contributed by atoms with Crippen molar-refractivity contribution in [3.8, 4) is 0 Å². The van der Waals surface area contributed by atoms with Crippen LogP contribution in [0.5, 0.6) is 0 Å². The van der Waals surface area contributed by atoms with Crippen LogP contribution in [0.3, 0.4) is 0 Å². The first-order valence-electron chi connectivity index (χ1n) is 4.62. The van der Waals surface area contributed by atoms with Crippen molar-refractivity contribution in [1.82, 2.24) is 0 Å². The third-order valence-corrected chi connectivity index (χ3v) is 3.74. The molecule has 0 aromatic heterocycles. The maximum absolute atomic E-state index is 10.4. The summed E-state index contributed by atoms with van der Waals surface area (Å²) in [4.78, 5) is 1.12. The molecule has 0 heterocycles. The fourth-order valence-corrected chi connectivity index (χ4v) is 2.61. The number of hydrogen-bond donors (Lipinski definition) is 1. The van der Waals surface area contributed by atoms with Crippen LogP contribution in [-0.4, -0.2) is 24.5 Å². The topological polar surface area (TPSA) is 54.4 Å². The van der Waals surface area contributed by atoms with Crippen LogP contribution in [0.15, 0.2) is 29.2 Å². The third-order valence-electron chi connectivity index (χ3n) is 1.84. The summed E-state index contributed by atoms with van der Waals surface area (Å²) in [5.74, 6) is 0.536. The van der Waals surface area contributed by atoms with Gasteiger partial charge in [0.25, 0.3) is 10.1 Å². The first kappa shape index (κ1) is 12.5. The fraction of sp³-hybridized carbons (Fsp3) is 0.400. The molecule has 3 nitrogen and oxygen atoms in total. The number of rotatable bonds is 5. The Hall–Kier alpha value is -0.520. The van der Waals surface area contributed by atoms with E-state index in [1.807, 2.05) is 31.2 Å². The van der Waals surface area contributed by atoms with E-state index in [2.05, 4.69) is 0 Å². The molecule has 0 aliphatic rings. The van der Waals surface area contributed by atoms with E-state index in [0.717, 1.165) is 4.90 Å². The van der Waals surface area contributed by atoms with Crippen molar-refractivity contribution >= 4 is 21.9 Å². The molecule has 0 saturated heterocycles. The van der Waals surface area contributed by atoms with Crippen LogP contribution in [0.25, 0.3) is 0 Å². The van der Waals surface area contributed by atoms with E-state index in [9.17, 15) is 8.42 Å². The summed E-state index contributed by atoms with van der Waals surface area (Å²) in [7, 11) is -3.80. The van der Waals surface area contributed by atoms with Gasteiger partial charge in [-0.25, -0.2) is 0 Å². The van der Waals surface area contributed by atoms with Gasteiger partial charge in [-0.3, -0.25) is 4.55 Å². The van der Waals surface area contributed by atoms with Crippen LogP contribution in [0.1, 0.15) is 12.0 Å². The summed E-state index contributed by atoms with van der Waals surface area (Å²) in [6.45, 7) is 2.02. The van der Waals surface area contributed by atoms with Gasteiger partial charge in [-0.2, -0.15) is 8.42 Å². The highest BCUT2D eigenvalue weighted by atomic mass is 32.2. The Morgan fingerprint density at radius 3 is 2.40 bits per heavy atom. The van der Waals surface area contributed by atoms with E-state index < -0.39 is 10.1 Å². The van der Waals surface area contributed by atoms with E-state index in [1.54, 1.807) is 11.8 Å². The predicted octanol–water partition coefficient (Wildman–Crippen LogP) is 2.37. The Morgan fingerprint density at radius 1 is 1.27 bits per heavy atom.